The summed E-state index contributed by atoms with van der Waals surface area (Å²) in [4.78, 5) is 29.6. The molecule has 0 aliphatic carbocycles. The van der Waals surface area contributed by atoms with Gasteiger partial charge in [0.25, 0.3) is 5.91 Å². The average Bonchev–Trinajstić information content (AvgIpc) is 3.23. The molecule has 2 saturated heterocycles. The van der Waals surface area contributed by atoms with Crippen LogP contribution in [0.1, 0.15) is 46.3 Å². The van der Waals surface area contributed by atoms with Gasteiger partial charge >= 0.3 is 0 Å². The maximum atomic E-state index is 13.1. The van der Waals surface area contributed by atoms with E-state index in [9.17, 15) is 9.59 Å². The van der Waals surface area contributed by atoms with Gasteiger partial charge in [-0.2, -0.15) is 0 Å². The van der Waals surface area contributed by atoms with Gasteiger partial charge in [0.05, 0.1) is 12.1 Å². The lowest BCUT2D eigenvalue weighted by Gasteiger charge is -2.25. The van der Waals surface area contributed by atoms with E-state index >= 15 is 0 Å². The van der Waals surface area contributed by atoms with Gasteiger partial charge in [-0.05, 0) is 61.9 Å². The molecule has 0 N–H and O–H groups in total. The Morgan fingerprint density at radius 1 is 1.04 bits per heavy atom. The molecule has 146 valence electrons. The molecule has 0 saturated carbocycles. The van der Waals surface area contributed by atoms with Crippen LogP contribution in [0.5, 0.6) is 0 Å². The summed E-state index contributed by atoms with van der Waals surface area (Å²) in [7, 11) is 0. The topological polar surface area (TPSA) is 40.6 Å². The second-order valence-corrected chi connectivity index (χ2v) is 8.10. The number of carbonyl (C=O) groups excluding carboxylic acids is 2. The molecule has 2 aromatic carbocycles. The molecule has 0 unspecified atom stereocenters. The third-order valence-corrected chi connectivity index (χ3v) is 6.34. The van der Waals surface area contributed by atoms with Crippen LogP contribution in [0.4, 0.5) is 0 Å². The van der Waals surface area contributed by atoms with E-state index in [1.165, 1.54) is 11.1 Å². The highest BCUT2D eigenvalue weighted by Crippen LogP contribution is 2.33. The van der Waals surface area contributed by atoms with Crippen LogP contribution in [0.3, 0.4) is 0 Å². The molecule has 0 bridgehead atoms. The van der Waals surface area contributed by atoms with Crippen LogP contribution < -0.4 is 0 Å². The summed E-state index contributed by atoms with van der Waals surface area (Å²) >= 11 is 0. The fraction of sp³-hybridized carbons (Fsp3) is 0.417. The zero-order valence-electron chi connectivity index (χ0n) is 16.7. The maximum Gasteiger partial charge on any atom is 0.254 e. The van der Waals surface area contributed by atoms with Crippen LogP contribution in [-0.4, -0.2) is 46.8 Å². The Morgan fingerprint density at radius 2 is 1.82 bits per heavy atom. The zero-order valence-corrected chi connectivity index (χ0v) is 16.7. The van der Waals surface area contributed by atoms with E-state index in [0.717, 1.165) is 43.5 Å². The third kappa shape index (κ3) is 3.56. The zero-order chi connectivity index (χ0) is 19.7. The van der Waals surface area contributed by atoms with Crippen molar-refractivity contribution in [2.24, 2.45) is 0 Å². The number of fused-ring (bicyclic) bond motifs is 1. The fourth-order valence-corrected chi connectivity index (χ4v) is 4.61. The number of carbonyl (C=O) groups is 2. The first kappa shape index (κ1) is 18.7. The molecule has 0 aromatic heterocycles. The number of rotatable bonds is 5. The Labute approximate surface area is 167 Å². The first-order valence-corrected chi connectivity index (χ1v) is 10.3. The van der Waals surface area contributed by atoms with Crippen molar-refractivity contribution >= 4 is 11.8 Å². The van der Waals surface area contributed by atoms with Gasteiger partial charge in [0.2, 0.25) is 5.91 Å². The van der Waals surface area contributed by atoms with Crippen LogP contribution in [0.25, 0.3) is 0 Å². The molecule has 4 heteroatoms. The Bertz CT molecular complexity index is 877. The molecular weight excluding hydrogens is 348 g/mol. The van der Waals surface area contributed by atoms with Crippen molar-refractivity contribution in [3.63, 3.8) is 0 Å². The predicted octanol–water partition coefficient (Wildman–Crippen LogP) is 3.75. The van der Waals surface area contributed by atoms with Crippen molar-refractivity contribution in [3.8, 4) is 0 Å². The van der Waals surface area contributed by atoms with E-state index < -0.39 is 0 Å². The molecule has 2 heterocycles. The van der Waals surface area contributed by atoms with Gasteiger partial charge in [0, 0.05) is 25.1 Å². The molecular formula is C24H28N2O2. The number of nitrogens with zero attached hydrogens (tertiary/aromatic N) is 2. The van der Waals surface area contributed by atoms with Gasteiger partial charge in [0.15, 0.2) is 0 Å². The lowest BCUT2D eigenvalue weighted by molar-refractivity contribution is -0.129. The molecule has 28 heavy (non-hydrogen) atoms. The Hall–Kier alpha value is -2.62. The molecule has 4 rings (SSSR count). The number of amides is 2. The highest BCUT2D eigenvalue weighted by molar-refractivity contribution is 5.96. The van der Waals surface area contributed by atoms with E-state index in [-0.39, 0.29) is 23.9 Å². The lowest BCUT2D eigenvalue weighted by atomic mass is 10.0. The van der Waals surface area contributed by atoms with Gasteiger partial charge in [0.1, 0.15) is 0 Å². The minimum absolute atomic E-state index is 0.0262. The van der Waals surface area contributed by atoms with Crippen LogP contribution in [0.15, 0.2) is 48.5 Å². The number of hydrogen-bond donors (Lipinski definition) is 0. The summed E-state index contributed by atoms with van der Waals surface area (Å²) in [6.07, 6.45) is 3.29. The van der Waals surface area contributed by atoms with Crippen LogP contribution in [0, 0.1) is 13.8 Å². The van der Waals surface area contributed by atoms with E-state index in [4.69, 9.17) is 0 Å². The van der Waals surface area contributed by atoms with Gasteiger partial charge in [-0.25, -0.2) is 0 Å². The van der Waals surface area contributed by atoms with Gasteiger partial charge in [-0.3, -0.25) is 9.59 Å². The quantitative estimate of drug-likeness (QED) is 0.797. The third-order valence-electron chi connectivity index (χ3n) is 6.34. The molecule has 4 nitrogen and oxygen atoms in total. The highest BCUT2D eigenvalue weighted by Gasteiger charge is 2.48. The highest BCUT2D eigenvalue weighted by atomic mass is 16.2. The summed E-state index contributed by atoms with van der Waals surface area (Å²) < 4.78 is 0. The van der Waals surface area contributed by atoms with Gasteiger partial charge in [-0.15, -0.1) is 0 Å². The SMILES string of the molecule is Cc1ccc(C(=O)N2CC[C@H]3[C@@H]2CC(=O)N3CCCc2ccccc2)cc1C. The molecule has 0 spiro atoms. The van der Waals surface area contributed by atoms with Crippen molar-refractivity contribution in [3.05, 3.63) is 70.8 Å². The molecule has 0 radical (unpaired) electrons. The fourth-order valence-electron chi connectivity index (χ4n) is 4.61. The Balaban J connectivity index is 1.40. The first-order chi connectivity index (χ1) is 13.5. The summed E-state index contributed by atoms with van der Waals surface area (Å²) in [5.41, 5.74) is 4.37. The van der Waals surface area contributed by atoms with Crippen LogP contribution in [-0.2, 0) is 11.2 Å². The minimum Gasteiger partial charge on any atom is -0.337 e. The van der Waals surface area contributed by atoms with E-state index in [2.05, 4.69) is 31.2 Å². The number of aryl methyl sites for hydroxylation is 3. The summed E-state index contributed by atoms with van der Waals surface area (Å²) in [5.74, 6) is 0.259. The maximum absolute atomic E-state index is 13.1. The van der Waals surface area contributed by atoms with Crippen LogP contribution >= 0.6 is 0 Å². The first-order valence-electron chi connectivity index (χ1n) is 10.3. The minimum atomic E-state index is 0.0262. The smallest absolute Gasteiger partial charge is 0.254 e. The van der Waals surface area contributed by atoms with Crippen molar-refractivity contribution in [1.82, 2.24) is 9.80 Å². The summed E-state index contributed by atoms with van der Waals surface area (Å²) in [6.45, 7) is 5.61. The van der Waals surface area contributed by atoms with Gasteiger partial charge < -0.3 is 9.80 Å². The molecule has 2 amide bonds. The lowest BCUT2D eigenvalue weighted by Crippen LogP contribution is -2.40. The molecule has 2 fully saturated rings. The van der Waals surface area contributed by atoms with Crippen molar-refractivity contribution < 1.29 is 9.59 Å². The Morgan fingerprint density at radius 3 is 2.57 bits per heavy atom. The van der Waals surface area contributed by atoms with Gasteiger partial charge in [-0.1, -0.05) is 36.4 Å². The van der Waals surface area contributed by atoms with Crippen molar-refractivity contribution in [2.45, 2.75) is 51.6 Å². The average molecular weight is 377 g/mol. The molecule has 2 aliphatic heterocycles. The number of hydrogen-bond acceptors (Lipinski definition) is 2. The van der Waals surface area contributed by atoms with Crippen LogP contribution in [0.2, 0.25) is 0 Å². The monoisotopic (exact) mass is 376 g/mol. The van der Waals surface area contributed by atoms with E-state index in [1.54, 1.807) is 0 Å². The second kappa shape index (κ2) is 7.78. The second-order valence-electron chi connectivity index (χ2n) is 8.10. The molecule has 2 atom stereocenters. The number of likely N-dealkylation sites (tertiary alicyclic amines) is 2. The largest absolute Gasteiger partial charge is 0.337 e. The van der Waals surface area contributed by atoms with Crippen molar-refractivity contribution in [1.29, 1.82) is 0 Å². The predicted molar refractivity (Wildman–Crippen MR) is 110 cm³/mol. The van der Waals surface area contributed by atoms with Crippen molar-refractivity contribution in [2.75, 3.05) is 13.1 Å². The standard InChI is InChI=1S/C24H28N2O2/c1-17-10-11-20(15-18(17)2)24(28)26-14-12-21-22(26)16-23(27)25(21)13-6-9-19-7-4-3-5-8-19/h3-5,7-8,10-11,15,21-22H,6,9,12-14,16H2,1-2H3/t21-,22-/m0/s1. The van der Waals surface area contributed by atoms with E-state index in [1.807, 2.05) is 41.0 Å². The summed E-state index contributed by atoms with van der Waals surface area (Å²) in [6, 6.07) is 16.5. The summed E-state index contributed by atoms with van der Waals surface area (Å²) in [5, 5.41) is 0. The number of benzene rings is 2. The molecule has 2 aromatic rings. The Kier molecular flexibility index (Phi) is 5.21. The van der Waals surface area contributed by atoms with E-state index in [0.29, 0.717) is 6.42 Å². The molecule has 2 aliphatic rings. The normalized spacial score (nSPS) is 21.3.